The molecule has 0 saturated carbocycles. The molecule has 1 fully saturated rings. The van der Waals surface area contributed by atoms with E-state index in [0.717, 1.165) is 12.0 Å². The summed E-state index contributed by atoms with van der Waals surface area (Å²) in [4.78, 5) is 2.77. The van der Waals surface area contributed by atoms with Gasteiger partial charge in [-0.05, 0) is 61.2 Å². The van der Waals surface area contributed by atoms with Crippen LogP contribution in [0.3, 0.4) is 0 Å². The second-order valence-electron chi connectivity index (χ2n) is 6.93. The van der Waals surface area contributed by atoms with Gasteiger partial charge in [0.15, 0.2) is 0 Å². The zero-order valence-electron chi connectivity index (χ0n) is 12.7. The molecule has 1 nitrogen and oxygen atoms in total. The van der Waals surface area contributed by atoms with Gasteiger partial charge in [0.05, 0.1) is 0 Å². The first-order chi connectivity index (χ1) is 9.14. The van der Waals surface area contributed by atoms with Crippen LogP contribution in [0.2, 0.25) is 0 Å². The Balaban J connectivity index is 1.99. The van der Waals surface area contributed by atoms with Crippen LogP contribution < -0.4 is 0 Å². The van der Waals surface area contributed by atoms with Gasteiger partial charge in [-0.25, -0.2) is 0 Å². The van der Waals surface area contributed by atoms with Crippen molar-refractivity contribution in [3.8, 4) is 0 Å². The molecule has 0 N–H and O–H groups in total. The molecule has 1 aliphatic heterocycles. The number of fused-ring (bicyclic) bond motifs is 2. The molecule has 1 aromatic rings. The maximum absolute atomic E-state index is 2.77. The van der Waals surface area contributed by atoms with Crippen molar-refractivity contribution in [1.29, 1.82) is 0 Å². The molecule has 1 saturated heterocycles. The largest absolute Gasteiger partial charge is 0.300 e. The topological polar surface area (TPSA) is 3.24 Å². The Kier molecular flexibility index (Phi) is 3.42. The van der Waals surface area contributed by atoms with Crippen molar-refractivity contribution < 1.29 is 0 Å². The third-order valence-corrected chi connectivity index (χ3v) is 5.47. The molecule has 3 rings (SSSR count). The molecule has 2 aliphatic rings. The van der Waals surface area contributed by atoms with Gasteiger partial charge in [-0.3, -0.25) is 4.90 Å². The first-order valence-electron chi connectivity index (χ1n) is 7.97. The fraction of sp³-hybridized carbons (Fsp3) is 0.667. The molecule has 104 valence electrons. The summed E-state index contributed by atoms with van der Waals surface area (Å²) in [6, 6.07) is 9.92. The van der Waals surface area contributed by atoms with Crippen molar-refractivity contribution in [3.63, 3.8) is 0 Å². The SMILES string of the molecule is CCCN1CCCC2C1Cc1ccccc1C2(C)C. The van der Waals surface area contributed by atoms with Crippen LogP contribution in [0.1, 0.15) is 51.2 Å². The third kappa shape index (κ3) is 2.12. The maximum atomic E-state index is 2.77. The van der Waals surface area contributed by atoms with Crippen LogP contribution in [0.25, 0.3) is 0 Å². The van der Waals surface area contributed by atoms with Gasteiger partial charge in [0.25, 0.3) is 0 Å². The summed E-state index contributed by atoms with van der Waals surface area (Å²) in [5.74, 6) is 0.836. The lowest BCUT2D eigenvalue weighted by molar-refractivity contribution is 0.0443. The van der Waals surface area contributed by atoms with Crippen LogP contribution in [-0.2, 0) is 11.8 Å². The number of hydrogen-bond donors (Lipinski definition) is 0. The monoisotopic (exact) mass is 257 g/mol. The minimum Gasteiger partial charge on any atom is -0.300 e. The molecular formula is C18H27N. The zero-order chi connectivity index (χ0) is 13.5. The van der Waals surface area contributed by atoms with Crippen molar-refractivity contribution in [2.45, 2.75) is 57.9 Å². The number of nitrogens with zero attached hydrogens (tertiary/aromatic N) is 1. The van der Waals surface area contributed by atoms with Gasteiger partial charge in [0.2, 0.25) is 0 Å². The van der Waals surface area contributed by atoms with E-state index < -0.39 is 0 Å². The van der Waals surface area contributed by atoms with Crippen LogP contribution in [0.5, 0.6) is 0 Å². The van der Waals surface area contributed by atoms with Gasteiger partial charge in [-0.15, -0.1) is 0 Å². The van der Waals surface area contributed by atoms with Gasteiger partial charge in [-0.2, -0.15) is 0 Å². The number of rotatable bonds is 2. The number of piperidine rings is 1. The first-order valence-corrected chi connectivity index (χ1v) is 7.97. The Morgan fingerprint density at radius 3 is 2.84 bits per heavy atom. The van der Waals surface area contributed by atoms with E-state index in [2.05, 4.69) is 49.9 Å². The summed E-state index contributed by atoms with van der Waals surface area (Å²) in [6.45, 7) is 9.84. The predicted molar refractivity (Wildman–Crippen MR) is 81.5 cm³/mol. The van der Waals surface area contributed by atoms with E-state index in [4.69, 9.17) is 0 Å². The van der Waals surface area contributed by atoms with Gasteiger partial charge in [-0.1, -0.05) is 45.0 Å². The van der Waals surface area contributed by atoms with Crippen molar-refractivity contribution >= 4 is 0 Å². The van der Waals surface area contributed by atoms with E-state index in [1.54, 1.807) is 11.1 Å². The highest BCUT2D eigenvalue weighted by Crippen LogP contribution is 2.46. The average Bonchev–Trinajstić information content (AvgIpc) is 2.40. The standard InChI is InChI=1S/C18H27N/c1-4-11-19-12-7-10-16-17(19)13-14-8-5-6-9-15(14)18(16,2)3/h5-6,8-9,16-17H,4,7,10-13H2,1-3H3. The van der Waals surface area contributed by atoms with Crippen LogP contribution >= 0.6 is 0 Å². The minimum absolute atomic E-state index is 0.339. The van der Waals surface area contributed by atoms with Crippen molar-refractivity contribution in [1.82, 2.24) is 4.90 Å². The van der Waals surface area contributed by atoms with Gasteiger partial charge in [0, 0.05) is 6.04 Å². The van der Waals surface area contributed by atoms with Gasteiger partial charge < -0.3 is 0 Å². The normalized spacial score (nSPS) is 29.6. The molecule has 2 atom stereocenters. The summed E-state index contributed by atoms with van der Waals surface area (Å²) in [5.41, 5.74) is 3.54. The van der Waals surface area contributed by atoms with Crippen LogP contribution in [0.15, 0.2) is 24.3 Å². The van der Waals surface area contributed by atoms with Crippen molar-refractivity contribution in [3.05, 3.63) is 35.4 Å². The van der Waals surface area contributed by atoms with Crippen LogP contribution in [0, 0.1) is 5.92 Å². The molecular weight excluding hydrogens is 230 g/mol. The van der Waals surface area contributed by atoms with E-state index >= 15 is 0 Å². The molecule has 1 aromatic carbocycles. The summed E-state index contributed by atoms with van der Waals surface area (Å²) in [7, 11) is 0. The highest BCUT2D eigenvalue weighted by atomic mass is 15.2. The van der Waals surface area contributed by atoms with Crippen LogP contribution in [-0.4, -0.2) is 24.0 Å². The lowest BCUT2D eigenvalue weighted by Gasteiger charge is -2.52. The van der Waals surface area contributed by atoms with E-state index in [0.29, 0.717) is 5.41 Å². The molecule has 1 heteroatoms. The predicted octanol–water partition coefficient (Wildman–Crippen LogP) is 4.01. The summed E-state index contributed by atoms with van der Waals surface area (Å²) in [5, 5.41) is 0. The molecule has 1 aliphatic carbocycles. The minimum atomic E-state index is 0.339. The molecule has 0 bridgehead atoms. The lowest BCUT2D eigenvalue weighted by Crippen LogP contribution is -2.55. The molecule has 0 amide bonds. The summed E-state index contributed by atoms with van der Waals surface area (Å²) < 4.78 is 0. The first kappa shape index (κ1) is 13.2. The van der Waals surface area contributed by atoms with E-state index in [1.807, 2.05) is 0 Å². The highest BCUT2D eigenvalue weighted by Gasteiger charge is 2.45. The Morgan fingerprint density at radius 2 is 2.05 bits per heavy atom. The fourth-order valence-electron chi connectivity index (χ4n) is 4.56. The van der Waals surface area contributed by atoms with E-state index in [9.17, 15) is 0 Å². The molecule has 0 spiro atoms. The number of likely N-dealkylation sites (tertiary alicyclic amines) is 1. The smallest absolute Gasteiger partial charge is 0.0172 e. The van der Waals surface area contributed by atoms with Gasteiger partial charge in [0.1, 0.15) is 0 Å². The fourth-order valence-corrected chi connectivity index (χ4v) is 4.56. The van der Waals surface area contributed by atoms with E-state index in [-0.39, 0.29) is 0 Å². The molecule has 1 heterocycles. The Hall–Kier alpha value is -0.820. The summed E-state index contributed by atoms with van der Waals surface area (Å²) >= 11 is 0. The maximum Gasteiger partial charge on any atom is 0.0172 e. The van der Waals surface area contributed by atoms with Crippen LogP contribution in [0.4, 0.5) is 0 Å². The zero-order valence-corrected chi connectivity index (χ0v) is 12.7. The number of hydrogen-bond acceptors (Lipinski definition) is 1. The quantitative estimate of drug-likeness (QED) is 0.773. The molecule has 19 heavy (non-hydrogen) atoms. The highest BCUT2D eigenvalue weighted by molar-refractivity contribution is 5.38. The number of benzene rings is 1. The second kappa shape index (κ2) is 4.94. The summed E-state index contributed by atoms with van der Waals surface area (Å²) in [6.07, 6.45) is 5.34. The molecule has 0 radical (unpaired) electrons. The lowest BCUT2D eigenvalue weighted by atomic mass is 9.60. The Morgan fingerprint density at radius 1 is 1.26 bits per heavy atom. The van der Waals surface area contributed by atoms with Crippen molar-refractivity contribution in [2.75, 3.05) is 13.1 Å². The average molecular weight is 257 g/mol. The molecule has 2 unspecified atom stereocenters. The Labute approximate surface area is 118 Å². The third-order valence-electron chi connectivity index (χ3n) is 5.47. The second-order valence-corrected chi connectivity index (χ2v) is 6.93. The van der Waals surface area contributed by atoms with Gasteiger partial charge >= 0.3 is 0 Å². The van der Waals surface area contributed by atoms with Crippen molar-refractivity contribution in [2.24, 2.45) is 5.92 Å². The van der Waals surface area contributed by atoms with E-state index in [1.165, 1.54) is 38.8 Å². The molecule has 0 aromatic heterocycles. The Bertz CT molecular complexity index is 447.